The Morgan fingerprint density at radius 2 is 1.97 bits per heavy atom. The van der Waals surface area contributed by atoms with Crippen molar-refractivity contribution < 1.29 is 23.5 Å². The van der Waals surface area contributed by atoms with E-state index < -0.39 is 0 Å². The van der Waals surface area contributed by atoms with E-state index >= 15 is 0 Å². The summed E-state index contributed by atoms with van der Waals surface area (Å²) in [6, 6.07) is 13.6. The Morgan fingerprint density at radius 1 is 1.14 bits per heavy atom. The Balaban J connectivity index is 1.43. The summed E-state index contributed by atoms with van der Waals surface area (Å²) in [6.45, 7) is 2.26. The predicted octanol–water partition coefficient (Wildman–Crippen LogP) is 6.40. The molecular weight excluding hydrogens is 543 g/mol. The Bertz CT molecular complexity index is 1330. The van der Waals surface area contributed by atoms with Gasteiger partial charge in [0.05, 0.1) is 34.4 Å². The van der Waals surface area contributed by atoms with Crippen molar-refractivity contribution in [1.29, 1.82) is 0 Å². The number of ether oxygens (including phenoxy) is 2. The van der Waals surface area contributed by atoms with Crippen LogP contribution in [0.1, 0.15) is 18.2 Å². The second-order valence-electron chi connectivity index (χ2n) is 7.45. The molecule has 0 unspecified atom stereocenters. The molecule has 0 spiro atoms. The highest BCUT2D eigenvalue weighted by Crippen LogP contribution is 2.35. The van der Waals surface area contributed by atoms with Crippen LogP contribution in [0.5, 0.6) is 11.5 Å². The number of thioether (sulfide) groups is 1. The van der Waals surface area contributed by atoms with Crippen LogP contribution in [0.3, 0.4) is 0 Å². The molecule has 1 fully saturated rings. The second-order valence-corrected chi connectivity index (χ2v) is 9.94. The molecule has 1 aromatic heterocycles. The molecule has 1 saturated heterocycles. The molecule has 7 nitrogen and oxygen atoms in total. The molecule has 36 heavy (non-hydrogen) atoms. The first kappa shape index (κ1) is 26.1. The van der Waals surface area contributed by atoms with Gasteiger partial charge in [-0.15, -0.1) is 0 Å². The van der Waals surface area contributed by atoms with Crippen LogP contribution in [-0.4, -0.2) is 34.2 Å². The molecule has 2 aromatic carbocycles. The van der Waals surface area contributed by atoms with Gasteiger partial charge in [-0.3, -0.25) is 14.5 Å². The number of rotatable bonds is 9. The molecule has 0 saturated carbocycles. The van der Waals surface area contributed by atoms with E-state index in [4.69, 9.17) is 49.3 Å². The Morgan fingerprint density at radius 3 is 2.69 bits per heavy atom. The average Bonchev–Trinajstić information content (AvgIpc) is 3.45. The summed E-state index contributed by atoms with van der Waals surface area (Å²) >= 11 is 18.5. The first-order chi connectivity index (χ1) is 17.3. The van der Waals surface area contributed by atoms with Gasteiger partial charge in [-0.05, 0) is 61.0 Å². The minimum atomic E-state index is -0.375. The standard InChI is InChI=1S/C25H20Cl2N2O5S2/c1-2-32-21-10-15(11-22-24(31)29(25(35)36-22)13-17-4-3-9-33-17)5-8-20(21)34-14-23(30)28-16-6-7-18(26)19(27)12-16/h3-12H,2,13-14H2,1H3,(H,28,30)/b22-11-. The van der Waals surface area contributed by atoms with Gasteiger partial charge in [-0.2, -0.15) is 0 Å². The highest BCUT2D eigenvalue weighted by atomic mass is 35.5. The van der Waals surface area contributed by atoms with E-state index in [1.54, 1.807) is 60.9 Å². The summed E-state index contributed by atoms with van der Waals surface area (Å²) in [5.74, 6) is 0.915. The molecule has 0 bridgehead atoms. The molecule has 2 heterocycles. The van der Waals surface area contributed by atoms with E-state index in [9.17, 15) is 9.59 Å². The number of hydrogen-bond donors (Lipinski definition) is 1. The third-order valence-electron chi connectivity index (χ3n) is 4.90. The van der Waals surface area contributed by atoms with Crippen molar-refractivity contribution in [2.24, 2.45) is 0 Å². The van der Waals surface area contributed by atoms with Crippen molar-refractivity contribution in [3.8, 4) is 11.5 Å². The van der Waals surface area contributed by atoms with Gasteiger partial charge in [0.25, 0.3) is 11.8 Å². The number of benzene rings is 2. The number of carbonyl (C=O) groups excluding carboxylic acids is 2. The average molecular weight is 563 g/mol. The quantitative estimate of drug-likeness (QED) is 0.238. The summed E-state index contributed by atoms with van der Waals surface area (Å²) < 4.78 is 17.2. The number of anilines is 1. The van der Waals surface area contributed by atoms with E-state index in [2.05, 4.69) is 5.32 Å². The van der Waals surface area contributed by atoms with Crippen LogP contribution < -0.4 is 14.8 Å². The van der Waals surface area contributed by atoms with Gasteiger partial charge in [0, 0.05) is 5.69 Å². The molecule has 2 amide bonds. The Kier molecular flexibility index (Phi) is 8.58. The molecule has 11 heteroatoms. The third-order valence-corrected chi connectivity index (χ3v) is 7.01. The first-order valence-corrected chi connectivity index (χ1v) is 12.7. The number of halogens is 2. The van der Waals surface area contributed by atoms with Crippen LogP contribution in [-0.2, 0) is 16.1 Å². The third kappa shape index (κ3) is 6.41. The van der Waals surface area contributed by atoms with Crippen molar-refractivity contribution in [3.05, 3.63) is 81.1 Å². The lowest BCUT2D eigenvalue weighted by atomic mass is 10.2. The summed E-state index contributed by atoms with van der Waals surface area (Å²) in [4.78, 5) is 27.2. The molecule has 1 N–H and O–H groups in total. The van der Waals surface area contributed by atoms with E-state index in [0.29, 0.717) is 48.8 Å². The van der Waals surface area contributed by atoms with Gasteiger partial charge in [-0.25, -0.2) is 0 Å². The Labute approximate surface area is 227 Å². The fourth-order valence-corrected chi connectivity index (χ4v) is 4.82. The lowest BCUT2D eigenvalue weighted by Gasteiger charge is -2.13. The molecule has 186 valence electrons. The highest BCUT2D eigenvalue weighted by molar-refractivity contribution is 8.26. The number of nitrogens with one attached hydrogen (secondary N) is 1. The summed E-state index contributed by atoms with van der Waals surface area (Å²) in [5.41, 5.74) is 1.23. The molecule has 4 rings (SSSR count). The summed E-state index contributed by atoms with van der Waals surface area (Å²) in [7, 11) is 0. The van der Waals surface area contributed by atoms with Crippen LogP contribution in [0.25, 0.3) is 6.08 Å². The van der Waals surface area contributed by atoms with Crippen molar-refractivity contribution in [3.63, 3.8) is 0 Å². The van der Waals surface area contributed by atoms with Crippen LogP contribution in [0.15, 0.2) is 64.1 Å². The zero-order chi connectivity index (χ0) is 25.7. The van der Waals surface area contributed by atoms with Crippen LogP contribution >= 0.6 is 47.2 Å². The number of hydrogen-bond acceptors (Lipinski definition) is 7. The van der Waals surface area contributed by atoms with Gasteiger partial charge in [0.2, 0.25) is 0 Å². The lowest BCUT2D eigenvalue weighted by molar-refractivity contribution is -0.122. The van der Waals surface area contributed by atoms with Crippen molar-refractivity contribution in [2.75, 3.05) is 18.5 Å². The monoisotopic (exact) mass is 562 g/mol. The molecular formula is C25H20Cl2N2O5S2. The number of amides is 2. The smallest absolute Gasteiger partial charge is 0.266 e. The number of furan rings is 1. The van der Waals surface area contributed by atoms with Crippen LogP contribution in [0, 0.1) is 0 Å². The topological polar surface area (TPSA) is 81.0 Å². The van der Waals surface area contributed by atoms with Gasteiger partial charge in [0.1, 0.15) is 10.1 Å². The molecule has 3 aromatic rings. The Hall–Kier alpha value is -2.98. The van der Waals surface area contributed by atoms with Gasteiger partial charge in [0.15, 0.2) is 18.1 Å². The zero-order valence-corrected chi connectivity index (χ0v) is 22.1. The van der Waals surface area contributed by atoms with Crippen molar-refractivity contribution in [2.45, 2.75) is 13.5 Å². The van der Waals surface area contributed by atoms with Gasteiger partial charge in [-0.1, -0.05) is 53.2 Å². The number of nitrogens with zero attached hydrogens (tertiary/aromatic N) is 1. The predicted molar refractivity (Wildman–Crippen MR) is 146 cm³/mol. The fraction of sp³-hybridized carbons (Fsp3) is 0.160. The zero-order valence-electron chi connectivity index (χ0n) is 19.0. The van der Waals surface area contributed by atoms with E-state index in [-0.39, 0.29) is 25.0 Å². The maximum Gasteiger partial charge on any atom is 0.266 e. The largest absolute Gasteiger partial charge is 0.490 e. The highest BCUT2D eigenvalue weighted by Gasteiger charge is 2.32. The first-order valence-electron chi connectivity index (χ1n) is 10.8. The minimum absolute atomic E-state index is 0.196. The van der Waals surface area contributed by atoms with Gasteiger partial charge >= 0.3 is 0 Å². The maximum atomic E-state index is 12.9. The summed E-state index contributed by atoms with van der Waals surface area (Å²) in [5, 5.41) is 3.43. The molecule has 1 aliphatic rings. The molecule has 0 atom stereocenters. The molecule has 0 aliphatic carbocycles. The molecule has 1 aliphatic heterocycles. The fourth-order valence-electron chi connectivity index (χ4n) is 3.26. The lowest BCUT2D eigenvalue weighted by Crippen LogP contribution is -2.27. The summed E-state index contributed by atoms with van der Waals surface area (Å²) in [6.07, 6.45) is 3.29. The van der Waals surface area contributed by atoms with Crippen LogP contribution in [0.4, 0.5) is 5.69 Å². The van der Waals surface area contributed by atoms with Crippen LogP contribution in [0.2, 0.25) is 10.0 Å². The van der Waals surface area contributed by atoms with E-state index in [1.807, 2.05) is 6.92 Å². The number of carbonyl (C=O) groups is 2. The van der Waals surface area contributed by atoms with Gasteiger partial charge < -0.3 is 19.2 Å². The van der Waals surface area contributed by atoms with E-state index in [1.165, 1.54) is 16.7 Å². The molecule has 0 radical (unpaired) electrons. The van der Waals surface area contributed by atoms with Crippen molar-refractivity contribution in [1.82, 2.24) is 4.90 Å². The maximum absolute atomic E-state index is 12.9. The normalized spacial score (nSPS) is 14.4. The number of thiocarbonyl (C=S) groups is 1. The second kappa shape index (κ2) is 11.8. The SMILES string of the molecule is CCOc1cc(/C=C2\SC(=S)N(Cc3ccco3)C2=O)ccc1OCC(=O)Nc1ccc(Cl)c(Cl)c1. The minimum Gasteiger partial charge on any atom is -0.490 e. The van der Waals surface area contributed by atoms with Crippen molar-refractivity contribution >= 4 is 75.1 Å². The van der Waals surface area contributed by atoms with E-state index in [0.717, 1.165) is 5.56 Å².